The molecule has 0 unspecified atom stereocenters. The molecular weight excluding hydrogens is 352 g/mol. The summed E-state index contributed by atoms with van der Waals surface area (Å²) in [6.07, 6.45) is -2.65. The van der Waals surface area contributed by atoms with Crippen LogP contribution < -0.4 is 10.4 Å². The maximum atomic E-state index is 11.3. The smallest absolute Gasteiger partial charge is 0.129 e. The summed E-state index contributed by atoms with van der Waals surface area (Å²) in [5.41, 5.74) is 0.346. The molecule has 4 heteroatoms. The Kier molecular flexibility index (Phi) is 4.97. The van der Waals surface area contributed by atoms with Crippen LogP contribution in [0.4, 0.5) is 0 Å². The van der Waals surface area contributed by atoms with Crippen molar-refractivity contribution in [3.8, 4) is 0 Å². The van der Waals surface area contributed by atoms with Crippen LogP contribution in [-0.2, 0) is 0 Å². The maximum Gasteiger partial charge on any atom is 0.129 e. The average Bonchev–Trinajstić information content (AvgIpc) is 3.01. The molecule has 1 saturated heterocycles. The standard InChI is InChI=1S/C23H24O3Si/c24-20-16-27(18-12-6-2-7-13-18,19-14-8-3-9-15-19)23(22(20)26)21(25)17-10-4-1-5-11-17/h1-15,20-26H,16H2/t20-,21+,22-,23+/m0/s1. The molecule has 3 N–H and O–H groups in total. The molecular formula is C23H24O3Si. The summed E-state index contributed by atoms with van der Waals surface area (Å²) in [7, 11) is -2.64. The molecule has 138 valence electrons. The number of aliphatic hydroxyl groups is 3. The zero-order valence-corrected chi connectivity index (χ0v) is 16.0. The summed E-state index contributed by atoms with van der Waals surface area (Å²) >= 11 is 0. The SMILES string of the molecule is O[C@@H]1[C@@H]([C@H](O)c2ccccc2)[Si](c2ccccc2)(c2ccccc2)C[C@@H]1O. The van der Waals surface area contributed by atoms with Gasteiger partial charge in [0.1, 0.15) is 8.07 Å². The Morgan fingerprint density at radius 2 is 1.15 bits per heavy atom. The molecule has 1 fully saturated rings. The van der Waals surface area contributed by atoms with E-state index in [9.17, 15) is 15.3 Å². The number of hydrogen-bond acceptors (Lipinski definition) is 3. The van der Waals surface area contributed by atoms with Crippen molar-refractivity contribution in [3.63, 3.8) is 0 Å². The molecule has 0 saturated carbocycles. The van der Waals surface area contributed by atoms with Gasteiger partial charge in [-0.25, -0.2) is 0 Å². The summed E-state index contributed by atoms with van der Waals surface area (Å²) in [5.74, 6) is 0. The zero-order valence-electron chi connectivity index (χ0n) is 15.0. The van der Waals surface area contributed by atoms with E-state index in [1.165, 1.54) is 0 Å². The van der Waals surface area contributed by atoms with Crippen LogP contribution in [0.2, 0.25) is 11.6 Å². The van der Waals surface area contributed by atoms with Gasteiger partial charge in [0.2, 0.25) is 0 Å². The molecule has 3 aromatic rings. The lowest BCUT2D eigenvalue weighted by molar-refractivity contribution is 0.00986. The third-order valence-electron chi connectivity index (χ3n) is 5.92. The van der Waals surface area contributed by atoms with Crippen molar-refractivity contribution in [1.29, 1.82) is 0 Å². The third-order valence-corrected chi connectivity index (χ3v) is 11.5. The van der Waals surface area contributed by atoms with E-state index in [0.29, 0.717) is 6.04 Å². The van der Waals surface area contributed by atoms with Gasteiger partial charge in [-0.15, -0.1) is 0 Å². The molecule has 0 spiro atoms. The van der Waals surface area contributed by atoms with Gasteiger partial charge in [0.25, 0.3) is 0 Å². The normalized spacial score (nSPS) is 25.2. The van der Waals surface area contributed by atoms with Crippen LogP contribution in [0.15, 0.2) is 91.0 Å². The van der Waals surface area contributed by atoms with Crippen molar-refractivity contribution in [3.05, 3.63) is 96.6 Å². The van der Waals surface area contributed by atoms with Gasteiger partial charge in [-0.1, -0.05) is 101 Å². The molecule has 4 atom stereocenters. The minimum atomic E-state index is -2.64. The van der Waals surface area contributed by atoms with Crippen LogP contribution in [0.3, 0.4) is 0 Å². The highest BCUT2D eigenvalue weighted by atomic mass is 28.3. The fraction of sp³-hybridized carbons (Fsp3) is 0.217. The molecule has 1 heterocycles. The monoisotopic (exact) mass is 376 g/mol. The highest BCUT2D eigenvalue weighted by Gasteiger charge is 2.59. The lowest BCUT2D eigenvalue weighted by Gasteiger charge is -2.38. The van der Waals surface area contributed by atoms with E-state index in [1.54, 1.807) is 0 Å². The predicted molar refractivity (Wildman–Crippen MR) is 110 cm³/mol. The molecule has 0 amide bonds. The van der Waals surface area contributed by atoms with Crippen molar-refractivity contribution in [2.75, 3.05) is 0 Å². The molecule has 0 aromatic heterocycles. The van der Waals surface area contributed by atoms with Gasteiger partial charge in [0.05, 0.1) is 18.3 Å². The van der Waals surface area contributed by atoms with E-state index < -0.39 is 31.9 Å². The van der Waals surface area contributed by atoms with Crippen molar-refractivity contribution < 1.29 is 15.3 Å². The highest BCUT2D eigenvalue weighted by Crippen LogP contribution is 2.47. The van der Waals surface area contributed by atoms with Crippen molar-refractivity contribution in [1.82, 2.24) is 0 Å². The molecule has 27 heavy (non-hydrogen) atoms. The molecule has 1 aliphatic rings. The minimum absolute atomic E-state index is 0.431. The maximum absolute atomic E-state index is 11.3. The van der Waals surface area contributed by atoms with E-state index >= 15 is 0 Å². The predicted octanol–water partition coefficient (Wildman–Crippen LogP) is 2.09. The summed E-state index contributed by atoms with van der Waals surface area (Å²) in [4.78, 5) is 0. The van der Waals surface area contributed by atoms with Gasteiger partial charge >= 0.3 is 0 Å². The number of aliphatic hydroxyl groups excluding tert-OH is 3. The Hall–Kier alpha value is -2.24. The van der Waals surface area contributed by atoms with Gasteiger partial charge in [0.15, 0.2) is 0 Å². The average molecular weight is 377 g/mol. The second-order valence-corrected chi connectivity index (χ2v) is 11.5. The van der Waals surface area contributed by atoms with Crippen molar-refractivity contribution >= 4 is 18.4 Å². The zero-order chi connectivity index (χ0) is 18.9. The van der Waals surface area contributed by atoms with Gasteiger partial charge in [-0.2, -0.15) is 0 Å². The number of benzene rings is 3. The number of hydrogen-bond donors (Lipinski definition) is 3. The molecule has 0 radical (unpaired) electrons. The van der Waals surface area contributed by atoms with E-state index in [-0.39, 0.29) is 0 Å². The lowest BCUT2D eigenvalue weighted by Crippen LogP contribution is -2.61. The molecule has 3 aromatic carbocycles. The topological polar surface area (TPSA) is 60.7 Å². The van der Waals surface area contributed by atoms with Crippen molar-refractivity contribution in [2.24, 2.45) is 0 Å². The second kappa shape index (κ2) is 7.41. The van der Waals surface area contributed by atoms with Crippen LogP contribution in [-0.4, -0.2) is 35.6 Å². The Bertz CT molecular complexity index is 830. The fourth-order valence-corrected chi connectivity index (χ4v) is 10.5. The van der Waals surface area contributed by atoms with Gasteiger partial charge in [0, 0.05) is 5.54 Å². The molecule has 0 bridgehead atoms. The molecule has 3 nitrogen and oxygen atoms in total. The van der Waals surface area contributed by atoms with Crippen LogP contribution in [0, 0.1) is 0 Å². The summed E-state index contributed by atoms with van der Waals surface area (Å²) in [5, 5.41) is 35.3. The Balaban J connectivity index is 1.93. The van der Waals surface area contributed by atoms with Crippen LogP contribution in [0.5, 0.6) is 0 Å². The van der Waals surface area contributed by atoms with E-state index in [0.717, 1.165) is 15.9 Å². The Morgan fingerprint density at radius 1 is 0.704 bits per heavy atom. The lowest BCUT2D eigenvalue weighted by atomic mass is 10.0. The molecule has 1 aliphatic heterocycles. The van der Waals surface area contributed by atoms with Crippen LogP contribution >= 0.6 is 0 Å². The van der Waals surface area contributed by atoms with Crippen molar-refractivity contribution in [2.45, 2.75) is 29.9 Å². The van der Waals surface area contributed by atoms with Crippen LogP contribution in [0.25, 0.3) is 0 Å². The molecule has 0 aliphatic carbocycles. The van der Waals surface area contributed by atoms with Crippen LogP contribution in [0.1, 0.15) is 11.7 Å². The van der Waals surface area contributed by atoms with Gasteiger partial charge in [-0.05, 0) is 11.6 Å². The Morgan fingerprint density at radius 3 is 1.63 bits per heavy atom. The van der Waals surface area contributed by atoms with Gasteiger partial charge < -0.3 is 15.3 Å². The fourth-order valence-electron chi connectivity index (χ4n) is 4.69. The first-order valence-corrected chi connectivity index (χ1v) is 11.6. The largest absolute Gasteiger partial charge is 0.391 e. The van der Waals surface area contributed by atoms with Gasteiger partial charge in [-0.3, -0.25) is 0 Å². The van der Waals surface area contributed by atoms with E-state index in [4.69, 9.17) is 0 Å². The minimum Gasteiger partial charge on any atom is -0.391 e. The van der Waals surface area contributed by atoms with E-state index in [1.807, 2.05) is 66.7 Å². The number of rotatable bonds is 4. The Labute approximate surface area is 160 Å². The molecule has 4 rings (SSSR count). The summed E-state index contributed by atoms with van der Waals surface area (Å²) in [6.45, 7) is 0. The summed E-state index contributed by atoms with van der Waals surface area (Å²) in [6, 6.07) is 30.2. The first-order valence-electron chi connectivity index (χ1n) is 9.35. The first kappa shape index (κ1) is 18.1. The highest BCUT2D eigenvalue weighted by molar-refractivity contribution is 7.04. The first-order chi connectivity index (χ1) is 13.1. The van der Waals surface area contributed by atoms with E-state index in [2.05, 4.69) is 24.3 Å². The second-order valence-electron chi connectivity index (χ2n) is 7.35. The summed E-state index contributed by atoms with van der Waals surface area (Å²) < 4.78 is 0. The third kappa shape index (κ3) is 3.05. The quantitative estimate of drug-likeness (QED) is 0.611.